The maximum atomic E-state index is 5.97. The quantitative estimate of drug-likeness (QED) is 0.888. The fraction of sp³-hybridized carbons (Fsp3) is 0.714. The van der Waals surface area contributed by atoms with Gasteiger partial charge in [0, 0.05) is 25.2 Å². The third kappa shape index (κ3) is 3.37. The zero-order valence-corrected chi connectivity index (χ0v) is 11.7. The van der Waals surface area contributed by atoms with E-state index in [-0.39, 0.29) is 6.10 Å². The summed E-state index contributed by atoms with van der Waals surface area (Å²) in [4.78, 5) is 10.8. The molecule has 0 atom stereocenters. The average Bonchev–Trinajstić information content (AvgIpc) is 2.51. The minimum absolute atomic E-state index is 0.238. The molecule has 6 nitrogen and oxygen atoms in total. The molecule has 20 heavy (non-hydrogen) atoms. The predicted octanol–water partition coefficient (Wildman–Crippen LogP) is 0.962. The maximum absolute atomic E-state index is 5.97. The maximum Gasteiger partial charge on any atom is 0.218 e. The smallest absolute Gasteiger partial charge is 0.218 e. The molecule has 2 N–H and O–H groups in total. The SMILES string of the molecule is NC1CCC(Oc2cc(N3CCOCC3)ncn2)CC1. The molecule has 0 radical (unpaired) electrons. The van der Waals surface area contributed by atoms with Crippen molar-refractivity contribution in [2.24, 2.45) is 5.73 Å². The van der Waals surface area contributed by atoms with Crippen molar-refractivity contribution in [3.05, 3.63) is 12.4 Å². The van der Waals surface area contributed by atoms with Crippen LogP contribution in [0.1, 0.15) is 25.7 Å². The molecule has 1 aliphatic heterocycles. The zero-order valence-electron chi connectivity index (χ0n) is 11.7. The molecule has 1 saturated heterocycles. The highest BCUT2D eigenvalue weighted by atomic mass is 16.5. The molecule has 0 bridgehead atoms. The lowest BCUT2D eigenvalue weighted by molar-refractivity contribution is 0.122. The lowest BCUT2D eigenvalue weighted by Crippen LogP contribution is -2.36. The zero-order chi connectivity index (χ0) is 13.8. The van der Waals surface area contributed by atoms with E-state index in [2.05, 4.69) is 14.9 Å². The minimum Gasteiger partial charge on any atom is -0.474 e. The number of nitrogens with zero attached hydrogens (tertiary/aromatic N) is 3. The third-order valence-electron chi connectivity index (χ3n) is 3.97. The number of ether oxygens (including phenoxy) is 2. The van der Waals surface area contributed by atoms with Crippen LogP contribution in [0.3, 0.4) is 0 Å². The molecule has 1 saturated carbocycles. The van der Waals surface area contributed by atoms with Crippen LogP contribution in [0.4, 0.5) is 5.82 Å². The summed E-state index contributed by atoms with van der Waals surface area (Å²) >= 11 is 0. The van der Waals surface area contributed by atoms with Gasteiger partial charge in [0.25, 0.3) is 0 Å². The van der Waals surface area contributed by atoms with Gasteiger partial charge in [-0.2, -0.15) is 0 Å². The normalized spacial score (nSPS) is 27.4. The molecule has 0 spiro atoms. The van der Waals surface area contributed by atoms with Crippen LogP contribution in [0.15, 0.2) is 12.4 Å². The summed E-state index contributed by atoms with van der Waals surface area (Å²) in [5.41, 5.74) is 5.91. The third-order valence-corrected chi connectivity index (χ3v) is 3.97. The molecule has 0 amide bonds. The summed E-state index contributed by atoms with van der Waals surface area (Å²) in [6, 6.07) is 2.27. The molecule has 1 aliphatic carbocycles. The number of anilines is 1. The molecular formula is C14H22N4O2. The van der Waals surface area contributed by atoms with Gasteiger partial charge in [-0.15, -0.1) is 0 Å². The number of hydrogen-bond acceptors (Lipinski definition) is 6. The van der Waals surface area contributed by atoms with Gasteiger partial charge in [0.1, 0.15) is 18.2 Å². The highest BCUT2D eigenvalue weighted by molar-refractivity contribution is 5.41. The van der Waals surface area contributed by atoms with E-state index in [0.717, 1.165) is 57.8 Å². The Labute approximate surface area is 119 Å². The fourth-order valence-corrected chi connectivity index (χ4v) is 2.74. The van der Waals surface area contributed by atoms with E-state index in [1.807, 2.05) is 6.07 Å². The second-order valence-corrected chi connectivity index (χ2v) is 5.47. The van der Waals surface area contributed by atoms with Gasteiger partial charge in [-0.3, -0.25) is 0 Å². The largest absolute Gasteiger partial charge is 0.474 e. The number of morpholine rings is 1. The molecule has 3 rings (SSSR count). The van der Waals surface area contributed by atoms with Crippen molar-refractivity contribution >= 4 is 5.82 Å². The summed E-state index contributed by atoms with van der Waals surface area (Å²) in [7, 11) is 0. The molecule has 2 fully saturated rings. The summed E-state index contributed by atoms with van der Waals surface area (Å²) in [5.74, 6) is 1.59. The van der Waals surface area contributed by atoms with Crippen molar-refractivity contribution in [2.75, 3.05) is 31.2 Å². The van der Waals surface area contributed by atoms with Crippen LogP contribution in [0.25, 0.3) is 0 Å². The fourth-order valence-electron chi connectivity index (χ4n) is 2.74. The molecule has 6 heteroatoms. The first-order valence-electron chi connectivity index (χ1n) is 7.38. The first-order valence-corrected chi connectivity index (χ1v) is 7.38. The molecule has 1 aromatic heterocycles. The molecule has 110 valence electrons. The van der Waals surface area contributed by atoms with Gasteiger partial charge in [-0.05, 0) is 25.7 Å². The predicted molar refractivity (Wildman–Crippen MR) is 75.9 cm³/mol. The van der Waals surface area contributed by atoms with Gasteiger partial charge >= 0.3 is 0 Å². The Morgan fingerprint density at radius 1 is 1.15 bits per heavy atom. The lowest BCUT2D eigenvalue weighted by Gasteiger charge is -2.29. The van der Waals surface area contributed by atoms with E-state index in [0.29, 0.717) is 11.9 Å². The Bertz CT molecular complexity index is 429. The molecule has 1 aromatic rings. The summed E-state index contributed by atoms with van der Waals surface area (Å²) in [5, 5.41) is 0. The van der Waals surface area contributed by atoms with Gasteiger partial charge in [0.15, 0.2) is 0 Å². The van der Waals surface area contributed by atoms with Crippen molar-refractivity contribution in [1.82, 2.24) is 9.97 Å². The summed E-state index contributed by atoms with van der Waals surface area (Å²) in [6.07, 6.45) is 5.91. The lowest BCUT2D eigenvalue weighted by atomic mass is 9.94. The topological polar surface area (TPSA) is 73.5 Å². The van der Waals surface area contributed by atoms with Crippen LogP contribution in [0.5, 0.6) is 5.88 Å². The monoisotopic (exact) mass is 278 g/mol. The van der Waals surface area contributed by atoms with Crippen LogP contribution in [0, 0.1) is 0 Å². The molecule has 2 heterocycles. The van der Waals surface area contributed by atoms with Crippen molar-refractivity contribution in [3.63, 3.8) is 0 Å². The molecule has 0 aromatic carbocycles. The van der Waals surface area contributed by atoms with Crippen molar-refractivity contribution in [1.29, 1.82) is 0 Å². The minimum atomic E-state index is 0.238. The van der Waals surface area contributed by atoms with Crippen LogP contribution < -0.4 is 15.4 Å². The van der Waals surface area contributed by atoms with E-state index in [1.54, 1.807) is 6.33 Å². The van der Waals surface area contributed by atoms with Crippen molar-refractivity contribution in [3.8, 4) is 5.88 Å². The Kier molecular flexibility index (Phi) is 4.32. The van der Waals surface area contributed by atoms with E-state index < -0.39 is 0 Å². The highest BCUT2D eigenvalue weighted by Gasteiger charge is 2.21. The van der Waals surface area contributed by atoms with Crippen LogP contribution >= 0.6 is 0 Å². The van der Waals surface area contributed by atoms with E-state index in [1.165, 1.54) is 0 Å². The standard InChI is InChI=1S/C14H22N4O2/c15-11-1-3-12(4-2-11)20-14-9-13(16-10-17-14)18-5-7-19-8-6-18/h9-12H,1-8,15H2. The van der Waals surface area contributed by atoms with Gasteiger partial charge < -0.3 is 20.1 Å². The number of aromatic nitrogens is 2. The van der Waals surface area contributed by atoms with Gasteiger partial charge in [0.2, 0.25) is 5.88 Å². The van der Waals surface area contributed by atoms with E-state index in [9.17, 15) is 0 Å². The van der Waals surface area contributed by atoms with Crippen LogP contribution in [-0.2, 0) is 4.74 Å². The number of rotatable bonds is 3. The van der Waals surface area contributed by atoms with Gasteiger partial charge in [0.05, 0.1) is 13.2 Å². The number of nitrogens with two attached hydrogens (primary N) is 1. The van der Waals surface area contributed by atoms with Crippen molar-refractivity contribution in [2.45, 2.75) is 37.8 Å². The second-order valence-electron chi connectivity index (χ2n) is 5.47. The Morgan fingerprint density at radius 3 is 2.65 bits per heavy atom. The van der Waals surface area contributed by atoms with Gasteiger partial charge in [-0.1, -0.05) is 0 Å². The average molecular weight is 278 g/mol. The summed E-state index contributed by atoms with van der Waals surface area (Å²) < 4.78 is 11.3. The Hall–Kier alpha value is -1.40. The van der Waals surface area contributed by atoms with E-state index in [4.69, 9.17) is 15.2 Å². The van der Waals surface area contributed by atoms with Crippen LogP contribution in [-0.4, -0.2) is 48.4 Å². The van der Waals surface area contributed by atoms with E-state index >= 15 is 0 Å². The summed E-state index contributed by atoms with van der Waals surface area (Å²) in [6.45, 7) is 3.24. The first kappa shape index (κ1) is 13.6. The molecule has 2 aliphatic rings. The Morgan fingerprint density at radius 2 is 1.90 bits per heavy atom. The van der Waals surface area contributed by atoms with Crippen LogP contribution in [0.2, 0.25) is 0 Å². The number of hydrogen-bond donors (Lipinski definition) is 1. The molecule has 0 unspecified atom stereocenters. The Balaban J connectivity index is 1.62. The van der Waals surface area contributed by atoms with Gasteiger partial charge in [-0.25, -0.2) is 9.97 Å². The molecular weight excluding hydrogens is 256 g/mol. The first-order chi connectivity index (χ1) is 9.81. The highest BCUT2D eigenvalue weighted by Crippen LogP contribution is 2.23. The van der Waals surface area contributed by atoms with Crippen molar-refractivity contribution < 1.29 is 9.47 Å². The second kappa shape index (κ2) is 6.37.